The Hall–Kier alpha value is -5.58. The number of aryl methyl sites for hydroxylation is 1. The Morgan fingerprint density at radius 3 is 2.50 bits per heavy atom. The van der Waals surface area contributed by atoms with Gasteiger partial charge in [-0.3, -0.25) is 9.59 Å². The number of alkyl halides is 5. The highest BCUT2D eigenvalue weighted by Gasteiger charge is 2.46. The quantitative estimate of drug-likeness (QED) is 0.225. The van der Waals surface area contributed by atoms with E-state index >= 15 is 0 Å². The van der Waals surface area contributed by atoms with Gasteiger partial charge in [0, 0.05) is 11.8 Å². The maximum atomic E-state index is 13.8. The van der Waals surface area contributed by atoms with Gasteiger partial charge in [-0.05, 0) is 48.9 Å². The third-order valence-electron chi connectivity index (χ3n) is 6.66. The number of hydrogen-bond donors (Lipinski definition) is 2. The lowest BCUT2D eigenvalue weighted by Crippen LogP contribution is -2.26. The largest absolute Gasteiger partial charge is 0.586 e. The van der Waals surface area contributed by atoms with Crippen molar-refractivity contribution in [2.45, 2.75) is 25.9 Å². The van der Waals surface area contributed by atoms with Gasteiger partial charge in [-0.2, -0.15) is 33.3 Å². The van der Waals surface area contributed by atoms with Crippen LogP contribution in [-0.4, -0.2) is 47.9 Å². The maximum Gasteiger partial charge on any atom is 0.586 e. The van der Waals surface area contributed by atoms with Crippen LogP contribution >= 0.6 is 11.6 Å². The molecule has 0 saturated carbocycles. The van der Waals surface area contributed by atoms with Crippen molar-refractivity contribution in [3.05, 3.63) is 94.0 Å². The number of nitrogens with one attached hydrogen (secondary N) is 1. The molecule has 6 rings (SSSR count). The molecule has 0 aliphatic carbocycles. The highest BCUT2D eigenvalue weighted by atomic mass is 35.5. The van der Waals surface area contributed by atoms with Crippen LogP contribution in [0.25, 0.3) is 17.1 Å². The highest BCUT2D eigenvalue weighted by Crippen LogP contribution is 2.47. The smallest absolute Gasteiger partial charge is 0.395 e. The Morgan fingerprint density at radius 1 is 1.09 bits per heavy atom. The van der Waals surface area contributed by atoms with Crippen molar-refractivity contribution in [1.82, 2.24) is 29.8 Å². The van der Waals surface area contributed by atoms with E-state index in [0.29, 0.717) is 5.56 Å². The molecule has 0 saturated heterocycles. The minimum Gasteiger partial charge on any atom is -0.395 e. The molecule has 0 unspecified atom stereocenters. The van der Waals surface area contributed by atoms with Gasteiger partial charge >= 0.3 is 12.5 Å². The van der Waals surface area contributed by atoms with Gasteiger partial charge in [-0.15, -0.1) is 8.78 Å². The van der Waals surface area contributed by atoms with Crippen LogP contribution in [0.5, 0.6) is 11.5 Å². The Labute approximate surface area is 259 Å². The lowest BCUT2D eigenvalue weighted by Gasteiger charge is -2.14. The molecule has 3 N–H and O–H groups in total. The number of ether oxygens (including phenoxy) is 2. The summed E-state index contributed by atoms with van der Waals surface area (Å²) in [6.07, 6.45) is -5.80. The van der Waals surface area contributed by atoms with Crippen molar-refractivity contribution in [2.75, 3.05) is 5.32 Å². The van der Waals surface area contributed by atoms with Crippen molar-refractivity contribution in [3.63, 3.8) is 0 Å². The fourth-order valence-electron chi connectivity index (χ4n) is 4.63. The molecule has 1 aliphatic rings. The molecule has 0 atom stereocenters. The zero-order valence-electron chi connectivity index (χ0n) is 23.1. The minimum absolute atomic E-state index is 0.0524. The van der Waals surface area contributed by atoms with Crippen LogP contribution in [0.4, 0.5) is 27.6 Å². The summed E-state index contributed by atoms with van der Waals surface area (Å²) in [6.45, 7) is 1.32. The van der Waals surface area contributed by atoms with Gasteiger partial charge in [0.15, 0.2) is 17.3 Å². The van der Waals surface area contributed by atoms with Crippen LogP contribution in [0, 0.1) is 6.92 Å². The first-order valence-electron chi connectivity index (χ1n) is 13.0. The first kappa shape index (κ1) is 30.4. The number of nitrogens with two attached hydrogens (primary N) is 1. The van der Waals surface area contributed by atoms with Gasteiger partial charge in [0.1, 0.15) is 23.5 Å². The van der Waals surface area contributed by atoms with Gasteiger partial charge in [0.25, 0.3) is 11.8 Å². The second-order valence-electron chi connectivity index (χ2n) is 9.83. The molecule has 236 valence electrons. The number of carbonyl (C=O) groups excluding carboxylic acids is 2. The van der Waals surface area contributed by atoms with E-state index in [1.54, 1.807) is 6.07 Å². The summed E-state index contributed by atoms with van der Waals surface area (Å²) in [4.78, 5) is 31.4. The number of halogens is 6. The summed E-state index contributed by atoms with van der Waals surface area (Å²) in [5.41, 5.74) is 4.79. The van der Waals surface area contributed by atoms with E-state index in [0.717, 1.165) is 22.9 Å². The standard InChI is InChI=1S/C28H18ClF5N8O4/c1-13-9-20-23(46-28(33,34)45-20)21(24(35)43)22(13)38-26(44)19-10-16(39-42(19)25-17(29)3-2-8-36-25)12-41-37-11-18(40-41)14-4-6-15(7-5-14)27(30,31)32/h2-11H,12H2,1H3,(H2,35,43)(H,38,44). The Balaban J connectivity index is 1.34. The third kappa shape index (κ3) is 5.79. The summed E-state index contributed by atoms with van der Waals surface area (Å²) in [5.74, 6) is -3.07. The van der Waals surface area contributed by atoms with Crippen molar-refractivity contribution in [3.8, 4) is 28.6 Å². The molecule has 4 heterocycles. The number of nitrogens with zero attached hydrogens (tertiary/aromatic N) is 6. The van der Waals surface area contributed by atoms with Crippen LogP contribution < -0.4 is 20.5 Å². The van der Waals surface area contributed by atoms with Gasteiger partial charge in [0.05, 0.1) is 28.2 Å². The second kappa shape index (κ2) is 11.1. The van der Waals surface area contributed by atoms with E-state index in [1.807, 2.05) is 0 Å². The molecule has 18 heteroatoms. The second-order valence-corrected chi connectivity index (χ2v) is 10.2. The molecule has 5 aromatic rings. The number of aromatic nitrogens is 6. The molecule has 2 aromatic carbocycles. The normalized spacial score (nSPS) is 13.5. The average Bonchev–Trinajstić information content (AvgIpc) is 3.69. The average molecular weight is 661 g/mol. The zero-order chi connectivity index (χ0) is 33.0. The molecule has 0 radical (unpaired) electrons. The number of hydrogen-bond acceptors (Lipinski definition) is 8. The number of amides is 2. The van der Waals surface area contributed by atoms with E-state index < -0.39 is 46.9 Å². The predicted octanol–water partition coefficient (Wildman–Crippen LogP) is 5.23. The first-order chi connectivity index (χ1) is 21.7. The molecule has 0 bridgehead atoms. The first-order valence-corrected chi connectivity index (χ1v) is 13.4. The van der Waals surface area contributed by atoms with Crippen LogP contribution in [0.15, 0.2) is 60.9 Å². The Bertz CT molecular complexity index is 2010. The van der Waals surface area contributed by atoms with Gasteiger partial charge in [-0.25, -0.2) is 9.67 Å². The highest BCUT2D eigenvalue weighted by molar-refractivity contribution is 6.32. The Kier molecular flexibility index (Phi) is 7.34. The molecule has 3 aromatic heterocycles. The van der Waals surface area contributed by atoms with E-state index in [9.17, 15) is 31.5 Å². The van der Waals surface area contributed by atoms with Crippen LogP contribution in [-0.2, 0) is 12.7 Å². The molecule has 46 heavy (non-hydrogen) atoms. The molecule has 0 fully saturated rings. The molecule has 1 aliphatic heterocycles. The number of carbonyl (C=O) groups is 2. The molecule has 0 spiro atoms. The molecular formula is C28H18ClF5N8O4. The van der Waals surface area contributed by atoms with Crippen LogP contribution in [0.2, 0.25) is 5.02 Å². The van der Waals surface area contributed by atoms with Crippen LogP contribution in [0.1, 0.15) is 37.7 Å². The number of benzene rings is 2. The minimum atomic E-state index is -4.49. The number of fused-ring (bicyclic) bond motifs is 1. The lowest BCUT2D eigenvalue weighted by molar-refractivity contribution is -0.286. The third-order valence-corrected chi connectivity index (χ3v) is 6.95. The number of pyridine rings is 1. The fourth-order valence-corrected chi connectivity index (χ4v) is 4.83. The van der Waals surface area contributed by atoms with Gasteiger partial charge < -0.3 is 20.5 Å². The molecular weight excluding hydrogens is 643 g/mol. The zero-order valence-corrected chi connectivity index (χ0v) is 23.9. The monoisotopic (exact) mass is 660 g/mol. The maximum absolute atomic E-state index is 13.8. The van der Waals surface area contributed by atoms with Gasteiger partial charge in [-0.1, -0.05) is 23.7 Å². The van der Waals surface area contributed by atoms with Crippen molar-refractivity contribution < 1.29 is 41.0 Å². The van der Waals surface area contributed by atoms with Gasteiger partial charge in [0.2, 0.25) is 0 Å². The number of anilines is 1. The number of rotatable bonds is 7. The number of primary amides is 1. The van der Waals surface area contributed by atoms with Crippen LogP contribution in [0.3, 0.4) is 0 Å². The fraction of sp³-hybridized carbons (Fsp3) is 0.143. The summed E-state index contributed by atoms with van der Waals surface area (Å²) < 4.78 is 76.5. The van der Waals surface area contributed by atoms with Crippen molar-refractivity contribution >= 4 is 29.1 Å². The lowest BCUT2D eigenvalue weighted by atomic mass is 10.0. The van der Waals surface area contributed by atoms with E-state index in [-0.39, 0.29) is 45.7 Å². The summed E-state index contributed by atoms with van der Waals surface area (Å²) in [5, 5.41) is 15.5. The summed E-state index contributed by atoms with van der Waals surface area (Å²) in [6, 6.07) is 9.93. The topological polar surface area (TPSA) is 152 Å². The van der Waals surface area contributed by atoms with Crippen molar-refractivity contribution in [2.24, 2.45) is 5.73 Å². The SMILES string of the molecule is Cc1cc2c(c(C(N)=O)c1NC(=O)c1cc(Cn3ncc(-c4ccc(C(F)(F)F)cc4)n3)nn1-c1ncccc1Cl)OC(F)(F)O2. The summed E-state index contributed by atoms with van der Waals surface area (Å²) in [7, 11) is 0. The summed E-state index contributed by atoms with van der Waals surface area (Å²) >= 11 is 6.34. The van der Waals surface area contributed by atoms with E-state index in [1.165, 1.54) is 48.4 Å². The van der Waals surface area contributed by atoms with Crippen molar-refractivity contribution in [1.29, 1.82) is 0 Å². The van der Waals surface area contributed by atoms with E-state index in [4.69, 9.17) is 17.3 Å². The Morgan fingerprint density at radius 2 is 1.83 bits per heavy atom. The molecule has 2 amide bonds. The molecule has 12 nitrogen and oxygen atoms in total. The predicted molar refractivity (Wildman–Crippen MR) is 150 cm³/mol. The van der Waals surface area contributed by atoms with E-state index in [2.05, 4.69) is 35.1 Å².